The molecule has 2 aromatic carbocycles. The fourth-order valence-corrected chi connectivity index (χ4v) is 2.50. The lowest BCUT2D eigenvalue weighted by Gasteiger charge is -2.15. The fraction of sp³-hybridized carbons (Fsp3) is 0.238. The smallest absolute Gasteiger partial charge is 0.225 e. The highest BCUT2D eigenvalue weighted by atomic mass is 16.5. The largest absolute Gasteiger partial charge is 0.497 e. The third kappa shape index (κ3) is 4.51. The van der Waals surface area contributed by atoms with Crippen LogP contribution in [0, 0.1) is 0 Å². The molecule has 5 heteroatoms. The molecule has 1 heterocycles. The van der Waals surface area contributed by atoms with Gasteiger partial charge in [-0.2, -0.15) is 4.98 Å². The van der Waals surface area contributed by atoms with Crippen LogP contribution in [0.15, 0.2) is 60.7 Å². The SMILES string of the molecule is CC[C@H](C)Nc1nc(Nc2cccc(OC)c2)cc(-c2ccccc2)n1. The van der Waals surface area contributed by atoms with Crippen molar-refractivity contribution in [2.45, 2.75) is 26.3 Å². The van der Waals surface area contributed by atoms with Crippen LogP contribution in [-0.4, -0.2) is 23.1 Å². The molecular formula is C21H24N4O. The van der Waals surface area contributed by atoms with E-state index in [0.29, 0.717) is 12.0 Å². The summed E-state index contributed by atoms with van der Waals surface area (Å²) >= 11 is 0. The van der Waals surface area contributed by atoms with Crippen molar-refractivity contribution in [2.75, 3.05) is 17.7 Å². The number of nitrogens with zero attached hydrogens (tertiary/aromatic N) is 2. The van der Waals surface area contributed by atoms with Crippen molar-refractivity contribution in [3.8, 4) is 17.0 Å². The first-order chi connectivity index (χ1) is 12.7. The highest BCUT2D eigenvalue weighted by molar-refractivity contribution is 5.67. The zero-order chi connectivity index (χ0) is 18.4. The summed E-state index contributed by atoms with van der Waals surface area (Å²) in [4.78, 5) is 9.30. The summed E-state index contributed by atoms with van der Waals surface area (Å²) in [6.07, 6.45) is 0.998. The number of hydrogen-bond donors (Lipinski definition) is 2. The van der Waals surface area contributed by atoms with E-state index in [9.17, 15) is 0 Å². The van der Waals surface area contributed by atoms with Crippen LogP contribution in [0.2, 0.25) is 0 Å². The maximum atomic E-state index is 5.29. The average molecular weight is 348 g/mol. The van der Waals surface area contributed by atoms with E-state index in [2.05, 4.69) is 34.4 Å². The normalized spacial score (nSPS) is 11.7. The zero-order valence-electron chi connectivity index (χ0n) is 15.4. The second-order valence-electron chi connectivity index (χ2n) is 6.14. The number of ether oxygens (including phenoxy) is 1. The minimum Gasteiger partial charge on any atom is -0.497 e. The van der Waals surface area contributed by atoms with Crippen LogP contribution in [0.4, 0.5) is 17.5 Å². The number of hydrogen-bond acceptors (Lipinski definition) is 5. The minimum absolute atomic E-state index is 0.297. The first-order valence-corrected chi connectivity index (χ1v) is 8.80. The highest BCUT2D eigenvalue weighted by Gasteiger charge is 2.09. The second-order valence-corrected chi connectivity index (χ2v) is 6.14. The standard InChI is InChI=1S/C21H24N4O/c1-4-15(2)22-21-24-19(16-9-6-5-7-10-16)14-20(25-21)23-17-11-8-12-18(13-17)26-3/h5-15H,4H2,1-3H3,(H2,22,23,24,25)/t15-/m0/s1. The molecular weight excluding hydrogens is 324 g/mol. The molecule has 0 radical (unpaired) electrons. The maximum absolute atomic E-state index is 5.29. The topological polar surface area (TPSA) is 59.1 Å². The molecule has 3 rings (SSSR count). The molecule has 1 aromatic heterocycles. The number of aromatic nitrogens is 2. The summed E-state index contributed by atoms with van der Waals surface area (Å²) in [6, 6.07) is 20.1. The van der Waals surface area contributed by atoms with Crippen LogP contribution in [0.25, 0.3) is 11.3 Å². The van der Waals surface area contributed by atoms with Crippen molar-refractivity contribution in [3.63, 3.8) is 0 Å². The second kappa shape index (κ2) is 8.34. The highest BCUT2D eigenvalue weighted by Crippen LogP contribution is 2.25. The van der Waals surface area contributed by atoms with Gasteiger partial charge in [0.15, 0.2) is 0 Å². The van der Waals surface area contributed by atoms with Gasteiger partial charge in [-0.25, -0.2) is 4.98 Å². The Morgan fingerprint density at radius 1 is 1.00 bits per heavy atom. The van der Waals surface area contributed by atoms with Crippen molar-refractivity contribution in [2.24, 2.45) is 0 Å². The third-order valence-electron chi connectivity index (χ3n) is 4.13. The van der Waals surface area contributed by atoms with Crippen LogP contribution >= 0.6 is 0 Å². The monoisotopic (exact) mass is 348 g/mol. The van der Waals surface area contributed by atoms with Gasteiger partial charge in [-0.3, -0.25) is 0 Å². The Bertz CT molecular complexity index is 852. The van der Waals surface area contributed by atoms with Crippen molar-refractivity contribution < 1.29 is 4.74 Å². The van der Waals surface area contributed by atoms with E-state index in [-0.39, 0.29) is 0 Å². The molecule has 0 unspecified atom stereocenters. The van der Waals surface area contributed by atoms with E-state index in [1.54, 1.807) is 7.11 Å². The molecule has 0 aliphatic heterocycles. The molecule has 0 saturated carbocycles. The maximum Gasteiger partial charge on any atom is 0.225 e. The van der Waals surface area contributed by atoms with E-state index in [1.165, 1.54) is 0 Å². The van der Waals surface area contributed by atoms with Crippen molar-refractivity contribution >= 4 is 17.5 Å². The van der Waals surface area contributed by atoms with Gasteiger partial charge in [-0.15, -0.1) is 0 Å². The summed E-state index contributed by atoms with van der Waals surface area (Å²) in [6.45, 7) is 4.25. The van der Waals surface area contributed by atoms with E-state index in [0.717, 1.165) is 34.9 Å². The molecule has 5 nitrogen and oxygen atoms in total. The summed E-state index contributed by atoms with van der Waals surface area (Å²) in [5.41, 5.74) is 2.84. The van der Waals surface area contributed by atoms with Crippen LogP contribution in [0.1, 0.15) is 20.3 Å². The minimum atomic E-state index is 0.297. The number of anilines is 3. The Hall–Kier alpha value is -3.08. The van der Waals surface area contributed by atoms with Gasteiger partial charge < -0.3 is 15.4 Å². The van der Waals surface area contributed by atoms with Crippen molar-refractivity contribution in [1.29, 1.82) is 0 Å². The average Bonchev–Trinajstić information content (AvgIpc) is 2.68. The van der Waals surface area contributed by atoms with Crippen LogP contribution in [-0.2, 0) is 0 Å². The summed E-state index contributed by atoms with van der Waals surface area (Å²) in [7, 11) is 1.66. The predicted octanol–water partition coefficient (Wildman–Crippen LogP) is 5.11. The zero-order valence-corrected chi connectivity index (χ0v) is 15.4. The lowest BCUT2D eigenvalue weighted by molar-refractivity contribution is 0.415. The van der Waals surface area contributed by atoms with Crippen molar-refractivity contribution in [3.05, 3.63) is 60.7 Å². The van der Waals surface area contributed by atoms with Gasteiger partial charge in [0.2, 0.25) is 5.95 Å². The summed E-state index contributed by atoms with van der Waals surface area (Å²) in [5.74, 6) is 2.15. The van der Waals surface area contributed by atoms with E-state index >= 15 is 0 Å². The van der Waals surface area contributed by atoms with Gasteiger partial charge in [-0.1, -0.05) is 43.3 Å². The third-order valence-corrected chi connectivity index (χ3v) is 4.13. The Morgan fingerprint density at radius 3 is 2.54 bits per heavy atom. The molecule has 0 aliphatic carbocycles. The molecule has 0 fully saturated rings. The number of nitrogens with one attached hydrogen (secondary N) is 2. The molecule has 1 atom stereocenters. The van der Waals surface area contributed by atoms with Crippen molar-refractivity contribution in [1.82, 2.24) is 9.97 Å². The molecule has 134 valence electrons. The fourth-order valence-electron chi connectivity index (χ4n) is 2.50. The van der Waals surface area contributed by atoms with Gasteiger partial charge in [0.25, 0.3) is 0 Å². The van der Waals surface area contributed by atoms with Crippen LogP contribution in [0.3, 0.4) is 0 Å². The Kier molecular flexibility index (Phi) is 5.69. The van der Waals surface area contributed by atoms with Gasteiger partial charge in [0.1, 0.15) is 11.6 Å². The molecule has 2 N–H and O–H groups in total. The lowest BCUT2D eigenvalue weighted by Crippen LogP contribution is -2.16. The first-order valence-electron chi connectivity index (χ1n) is 8.80. The predicted molar refractivity (Wildman–Crippen MR) is 107 cm³/mol. The number of methoxy groups -OCH3 is 1. The Balaban J connectivity index is 1.96. The quantitative estimate of drug-likeness (QED) is 0.621. The molecule has 0 aliphatic rings. The molecule has 26 heavy (non-hydrogen) atoms. The first kappa shape index (κ1) is 17.7. The number of rotatable bonds is 7. The Labute approximate surface area is 154 Å². The van der Waals surface area contributed by atoms with E-state index in [1.807, 2.05) is 60.7 Å². The molecule has 3 aromatic rings. The Morgan fingerprint density at radius 2 is 1.81 bits per heavy atom. The summed E-state index contributed by atoms with van der Waals surface area (Å²) in [5, 5.41) is 6.71. The van der Waals surface area contributed by atoms with Crippen LogP contribution < -0.4 is 15.4 Å². The number of benzene rings is 2. The van der Waals surface area contributed by atoms with E-state index in [4.69, 9.17) is 4.74 Å². The van der Waals surface area contributed by atoms with Gasteiger partial charge in [-0.05, 0) is 25.5 Å². The van der Waals surface area contributed by atoms with Gasteiger partial charge in [0.05, 0.1) is 12.8 Å². The van der Waals surface area contributed by atoms with Crippen LogP contribution in [0.5, 0.6) is 5.75 Å². The van der Waals surface area contributed by atoms with E-state index < -0.39 is 0 Å². The van der Waals surface area contributed by atoms with Gasteiger partial charge >= 0.3 is 0 Å². The molecule has 0 saturated heterocycles. The summed E-state index contributed by atoms with van der Waals surface area (Å²) < 4.78 is 5.29. The molecule has 0 bridgehead atoms. The molecule has 0 spiro atoms. The lowest BCUT2D eigenvalue weighted by atomic mass is 10.1. The van der Waals surface area contributed by atoms with Gasteiger partial charge in [0, 0.05) is 29.4 Å². The molecule has 0 amide bonds.